The van der Waals surface area contributed by atoms with Crippen LogP contribution >= 0.6 is 0 Å². The van der Waals surface area contributed by atoms with E-state index < -0.39 is 21.5 Å². The van der Waals surface area contributed by atoms with Gasteiger partial charge in [-0.2, -0.15) is 0 Å². The van der Waals surface area contributed by atoms with Crippen LogP contribution in [0.15, 0.2) is 76.4 Å². The number of hydrogen-bond acceptors (Lipinski definition) is 4. The van der Waals surface area contributed by atoms with E-state index in [1.54, 1.807) is 43.3 Å². The van der Waals surface area contributed by atoms with E-state index in [0.717, 1.165) is 0 Å². The Labute approximate surface area is 173 Å². The maximum Gasteiger partial charge on any atom is 0.275 e. The molecule has 3 rings (SSSR count). The van der Waals surface area contributed by atoms with E-state index in [1.807, 2.05) is 0 Å². The van der Waals surface area contributed by atoms with Crippen molar-refractivity contribution >= 4 is 21.6 Å². The summed E-state index contributed by atoms with van der Waals surface area (Å²) in [5.74, 6) is -0.811. The standard InChI is InChI=1S/C21H20FN3O4S/c1-15-7-12-19(24-30(28,29)18-5-3-2-4-6-18)21(27)25(15)14-20(26)23-13-16-8-10-17(22)11-9-16/h2-12,24H,13-14H2,1H3,(H,23,26). The number of sulfonamides is 1. The molecule has 0 fully saturated rings. The lowest BCUT2D eigenvalue weighted by molar-refractivity contribution is -0.121. The average molecular weight is 429 g/mol. The Morgan fingerprint density at radius 1 is 1.00 bits per heavy atom. The highest BCUT2D eigenvalue weighted by atomic mass is 32.2. The van der Waals surface area contributed by atoms with Crippen molar-refractivity contribution in [3.63, 3.8) is 0 Å². The fraction of sp³-hybridized carbons (Fsp3) is 0.143. The fourth-order valence-electron chi connectivity index (χ4n) is 2.75. The van der Waals surface area contributed by atoms with Gasteiger partial charge >= 0.3 is 0 Å². The van der Waals surface area contributed by atoms with Gasteiger partial charge in [-0.1, -0.05) is 30.3 Å². The minimum Gasteiger partial charge on any atom is -0.350 e. The minimum atomic E-state index is -3.94. The van der Waals surface area contributed by atoms with Gasteiger partial charge in [-0.3, -0.25) is 14.3 Å². The first-order valence-electron chi connectivity index (χ1n) is 9.06. The minimum absolute atomic E-state index is 0.0218. The number of hydrogen-bond donors (Lipinski definition) is 2. The molecule has 0 unspecified atom stereocenters. The molecule has 3 aromatic rings. The van der Waals surface area contributed by atoms with Gasteiger partial charge in [0.25, 0.3) is 15.6 Å². The normalized spacial score (nSPS) is 11.1. The summed E-state index contributed by atoms with van der Waals surface area (Å²) in [7, 11) is -3.94. The second-order valence-electron chi connectivity index (χ2n) is 6.60. The molecule has 2 N–H and O–H groups in total. The Kier molecular flexibility index (Phi) is 6.31. The Bertz CT molecular complexity index is 1210. The predicted octanol–water partition coefficient (Wildman–Crippen LogP) is 2.41. The van der Waals surface area contributed by atoms with E-state index in [2.05, 4.69) is 10.0 Å². The van der Waals surface area contributed by atoms with E-state index in [1.165, 1.54) is 34.9 Å². The van der Waals surface area contributed by atoms with Gasteiger partial charge in [0.2, 0.25) is 5.91 Å². The Morgan fingerprint density at radius 3 is 2.33 bits per heavy atom. The van der Waals surface area contributed by atoms with E-state index in [9.17, 15) is 22.4 Å². The van der Waals surface area contributed by atoms with Gasteiger partial charge in [-0.15, -0.1) is 0 Å². The molecule has 0 aliphatic heterocycles. The van der Waals surface area contributed by atoms with Gasteiger partial charge in [0.15, 0.2) is 0 Å². The molecule has 0 aliphatic carbocycles. The van der Waals surface area contributed by atoms with E-state index in [-0.39, 0.29) is 29.5 Å². The molecule has 0 radical (unpaired) electrons. The lowest BCUT2D eigenvalue weighted by Crippen LogP contribution is -2.34. The number of aromatic nitrogens is 1. The third kappa shape index (κ3) is 5.12. The molecular weight excluding hydrogens is 409 g/mol. The zero-order valence-corrected chi connectivity index (χ0v) is 16.9. The number of carbonyl (C=O) groups excluding carboxylic acids is 1. The number of pyridine rings is 1. The quantitative estimate of drug-likeness (QED) is 0.603. The highest BCUT2D eigenvalue weighted by Gasteiger charge is 2.17. The van der Waals surface area contributed by atoms with Crippen LogP contribution in [-0.2, 0) is 27.9 Å². The van der Waals surface area contributed by atoms with E-state index >= 15 is 0 Å². The largest absolute Gasteiger partial charge is 0.350 e. The van der Waals surface area contributed by atoms with Crippen molar-refractivity contribution in [2.45, 2.75) is 24.9 Å². The number of nitrogens with one attached hydrogen (secondary N) is 2. The number of carbonyl (C=O) groups is 1. The zero-order valence-electron chi connectivity index (χ0n) is 16.1. The smallest absolute Gasteiger partial charge is 0.275 e. The number of rotatable bonds is 7. The molecule has 0 saturated carbocycles. The van der Waals surface area contributed by atoms with E-state index in [0.29, 0.717) is 11.3 Å². The third-order valence-electron chi connectivity index (χ3n) is 4.40. The molecule has 0 spiro atoms. The second-order valence-corrected chi connectivity index (χ2v) is 8.28. The number of aryl methyl sites for hydroxylation is 1. The van der Waals surface area contributed by atoms with Gasteiger partial charge in [-0.05, 0) is 48.9 Å². The lowest BCUT2D eigenvalue weighted by atomic mass is 10.2. The maximum absolute atomic E-state index is 13.0. The van der Waals surface area contributed by atoms with Crippen LogP contribution in [0.1, 0.15) is 11.3 Å². The molecule has 7 nitrogen and oxygen atoms in total. The molecule has 1 amide bonds. The van der Waals surface area contributed by atoms with Crippen LogP contribution in [0.2, 0.25) is 0 Å². The molecule has 30 heavy (non-hydrogen) atoms. The Hall–Kier alpha value is -3.46. The first-order valence-corrected chi connectivity index (χ1v) is 10.5. The predicted molar refractivity (Wildman–Crippen MR) is 111 cm³/mol. The van der Waals surface area contributed by atoms with Crippen LogP contribution < -0.4 is 15.6 Å². The molecule has 0 bridgehead atoms. The van der Waals surface area contributed by atoms with Gasteiger partial charge < -0.3 is 9.88 Å². The summed E-state index contributed by atoms with van der Waals surface area (Å²) in [6.45, 7) is 1.53. The highest BCUT2D eigenvalue weighted by molar-refractivity contribution is 7.92. The zero-order chi connectivity index (χ0) is 21.7. The number of benzene rings is 2. The summed E-state index contributed by atoms with van der Waals surface area (Å²) < 4.78 is 41.4. The first-order chi connectivity index (χ1) is 14.3. The molecule has 9 heteroatoms. The summed E-state index contributed by atoms with van der Waals surface area (Å²) in [6.07, 6.45) is 0. The second kappa shape index (κ2) is 8.91. The van der Waals surface area contributed by atoms with Gasteiger partial charge in [0.1, 0.15) is 18.0 Å². The molecule has 1 heterocycles. The van der Waals surface area contributed by atoms with Gasteiger partial charge in [0.05, 0.1) is 4.90 Å². The molecule has 0 aliphatic rings. The molecule has 1 aromatic heterocycles. The molecule has 156 valence electrons. The fourth-order valence-corrected chi connectivity index (χ4v) is 3.83. The van der Waals surface area contributed by atoms with Crippen molar-refractivity contribution in [1.29, 1.82) is 0 Å². The van der Waals surface area contributed by atoms with Crippen molar-refractivity contribution in [2.24, 2.45) is 0 Å². The van der Waals surface area contributed by atoms with Crippen LogP contribution in [0.5, 0.6) is 0 Å². The van der Waals surface area contributed by atoms with Gasteiger partial charge in [0, 0.05) is 12.2 Å². The van der Waals surface area contributed by atoms with Crippen molar-refractivity contribution in [3.8, 4) is 0 Å². The highest BCUT2D eigenvalue weighted by Crippen LogP contribution is 2.13. The summed E-state index contributed by atoms with van der Waals surface area (Å²) in [6, 6.07) is 16.3. The monoisotopic (exact) mass is 429 g/mol. The number of nitrogens with zero attached hydrogens (tertiary/aromatic N) is 1. The average Bonchev–Trinajstić information content (AvgIpc) is 2.73. The molecular formula is C21H20FN3O4S. The first kappa shape index (κ1) is 21.3. The maximum atomic E-state index is 13.0. The van der Waals surface area contributed by atoms with Crippen LogP contribution in [0.25, 0.3) is 0 Å². The molecule has 0 atom stereocenters. The Morgan fingerprint density at radius 2 is 1.67 bits per heavy atom. The number of halogens is 1. The summed E-state index contributed by atoms with van der Waals surface area (Å²) in [5.41, 5.74) is 0.417. The third-order valence-corrected chi connectivity index (χ3v) is 5.78. The number of anilines is 1. The topological polar surface area (TPSA) is 97.3 Å². The van der Waals surface area contributed by atoms with Crippen LogP contribution in [-0.4, -0.2) is 18.9 Å². The SMILES string of the molecule is Cc1ccc(NS(=O)(=O)c2ccccc2)c(=O)n1CC(=O)NCc1ccc(F)cc1. The van der Waals surface area contributed by atoms with Crippen molar-refractivity contribution in [1.82, 2.24) is 9.88 Å². The van der Waals surface area contributed by atoms with Crippen LogP contribution in [0.3, 0.4) is 0 Å². The van der Waals surface area contributed by atoms with Crippen molar-refractivity contribution in [3.05, 3.63) is 94.2 Å². The van der Waals surface area contributed by atoms with Crippen LogP contribution in [0, 0.1) is 12.7 Å². The van der Waals surface area contributed by atoms with Crippen LogP contribution in [0.4, 0.5) is 10.1 Å². The summed E-state index contributed by atoms with van der Waals surface area (Å²) in [4.78, 5) is 25.1. The summed E-state index contributed by atoms with van der Waals surface area (Å²) >= 11 is 0. The van der Waals surface area contributed by atoms with E-state index in [4.69, 9.17) is 0 Å². The van der Waals surface area contributed by atoms with Crippen molar-refractivity contribution in [2.75, 3.05) is 4.72 Å². The lowest BCUT2D eigenvalue weighted by Gasteiger charge is -2.13. The molecule has 0 saturated heterocycles. The number of amides is 1. The van der Waals surface area contributed by atoms with Gasteiger partial charge in [-0.25, -0.2) is 12.8 Å². The molecule has 2 aromatic carbocycles. The summed E-state index contributed by atoms with van der Waals surface area (Å²) in [5, 5.41) is 2.66. The van der Waals surface area contributed by atoms with Crippen molar-refractivity contribution < 1.29 is 17.6 Å². The Balaban J connectivity index is 1.75.